The maximum Gasteiger partial charge on any atom is 0.284 e. The molecule has 2 aromatic rings. The van der Waals surface area contributed by atoms with Gasteiger partial charge in [0.25, 0.3) is 15.9 Å². The summed E-state index contributed by atoms with van der Waals surface area (Å²) in [6, 6.07) is 13.5. The standard InChI is InChI=1S/C28H36N2O5S2/c1-4-6-7-8-9-10-14-19-35-25-20-22(17-18-24(25)34-3)21-26-27(31)30(5-2)28(36-26)29-37(32,33)23-15-12-11-13-16-23/h11-13,15-18,20-21H,4-10,14,19H2,1-3H3/b26-21-,29-28+. The summed E-state index contributed by atoms with van der Waals surface area (Å²) < 4.78 is 40.9. The highest BCUT2D eigenvalue weighted by Crippen LogP contribution is 2.35. The van der Waals surface area contributed by atoms with Crippen LogP contribution in [0.5, 0.6) is 11.5 Å². The molecule has 1 heterocycles. The third-order valence-corrected chi connectivity index (χ3v) is 8.34. The molecule has 37 heavy (non-hydrogen) atoms. The molecule has 9 heteroatoms. The van der Waals surface area contributed by atoms with Gasteiger partial charge in [0.05, 0.1) is 23.5 Å². The van der Waals surface area contributed by atoms with Gasteiger partial charge in [0.2, 0.25) is 0 Å². The van der Waals surface area contributed by atoms with E-state index < -0.39 is 10.0 Å². The molecule has 0 unspecified atom stereocenters. The predicted octanol–water partition coefficient (Wildman–Crippen LogP) is 6.51. The number of methoxy groups -OCH3 is 1. The van der Waals surface area contributed by atoms with Crippen molar-refractivity contribution in [1.82, 2.24) is 4.90 Å². The number of hydrogen-bond acceptors (Lipinski definition) is 6. The van der Waals surface area contributed by atoms with Crippen LogP contribution in [0.3, 0.4) is 0 Å². The summed E-state index contributed by atoms with van der Waals surface area (Å²) in [5.74, 6) is 0.962. The molecule has 0 bridgehead atoms. The highest BCUT2D eigenvalue weighted by molar-refractivity contribution is 8.19. The van der Waals surface area contributed by atoms with Crippen molar-refractivity contribution in [2.45, 2.75) is 63.7 Å². The molecule has 0 saturated carbocycles. The zero-order valence-corrected chi connectivity index (χ0v) is 23.4. The molecule has 0 radical (unpaired) electrons. The van der Waals surface area contributed by atoms with Crippen molar-refractivity contribution in [2.24, 2.45) is 4.40 Å². The van der Waals surface area contributed by atoms with Gasteiger partial charge in [-0.3, -0.25) is 9.69 Å². The van der Waals surface area contributed by atoms with E-state index in [9.17, 15) is 13.2 Å². The van der Waals surface area contributed by atoms with Crippen molar-refractivity contribution in [3.63, 3.8) is 0 Å². The normalized spacial score (nSPS) is 16.1. The minimum Gasteiger partial charge on any atom is -0.493 e. The lowest BCUT2D eigenvalue weighted by Gasteiger charge is -2.12. The number of rotatable bonds is 14. The fraction of sp³-hybridized carbons (Fsp3) is 0.429. The number of hydrogen-bond donors (Lipinski definition) is 0. The Balaban J connectivity index is 1.72. The minimum atomic E-state index is -3.93. The largest absolute Gasteiger partial charge is 0.493 e. The Bertz CT molecular complexity index is 1210. The molecule has 3 rings (SSSR count). The number of benzene rings is 2. The van der Waals surface area contributed by atoms with Crippen LogP contribution < -0.4 is 9.47 Å². The molecule has 0 atom stereocenters. The van der Waals surface area contributed by atoms with Crippen LogP contribution in [0.4, 0.5) is 0 Å². The number of unbranched alkanes of at least 4 members (excludes halogenated alkanes) is 6. The zero-order valence-electron chi connectivity index (χ0n) is 21.8. The molecule has 2 aromatic carbocycles. The van der Waals surface area contributed by atoms with E-state index in [0.717, 1.165) is 30.2 Å². The number of carbonyl (C=O) groups excluding carboxylic acids is 1. The number of likely N-dealkylation sites (N-methyl/N-ethyl adjacent to an activating group) is 1. The lowest BCUT2D eigenvalue weighted by molar-refractivity contribution is -0.122. The average Bonchev–Trinajstić information content (AvgIpc) is 3.18. The van der Waals surface area contributed by atoms with E-state index in [2.05, 4.69) is 11.3 Å². The number of thioether (sulfide) groups is 1. The van der Waals surface area contributed by atoms with Gasteiger partial charge in [-0.05, 0) is 61.0 Å². The van der Waals surface area contributed by atoms with E-state index >= 15 is 0 Å². The summed E-state index contributed by atoms with van der Waals surface area (Å²) in [7, 11) is -2.34. The number of nitrogens with zero attached hydrogens (tertiary/aromatic N) is 2. The van der Waals surface area contributed by atoms with E-state index in [-0.39, 0.29) is 16.0 Å². The van der Waals surface area contributed by atoms with Gasteiger partial charge in [0, 0.05) is 6.54 Å². The van der Waals surface area contributed by atoms with E-state index in [1.54, 1.807) is 38.3 Å². The SMILES string of the molecule is CCCCCCCCCOc1cc(/C=C2\S/C(=N/S(=O)(=O)c3ccccc3)N(CC)C2=O)ccc1OC. The van der Waals surface area contributed by atoms with Gasteiger partial charge in [0.15, 0.2) is 16.7 Å². The molecular weight excluding hydrogens is 508 g/mol. The molecule has 200 valence electrons. The van der Waals surface area contributed by atoms with Crippen LogP contribution in [-0.4, -0.2) is 44.7 Å². The first-order valence-corrected chi connectivity index (χ1v) is 15.1. The first-order valence-electron chi connectivity index (χ1n) is 12.8. The van der Waals surface area contributed by atoms with Gasteiger partial charge in [-0.2, -0.15) is 8.42 Å². The van der Waals surface area contributed by atoms with Gasteiger partial charge < -0.3 is 9.47 Å². The summed E-state index contributed by atoms with van der Waals surface area (Å²) in [6.45, 7) is 4.90. The van der Waals surface area contributed by atoms with Gasteiger partial charge in [-0.15, -0.1) is 4.40 Å². The van der Waals surface area contributed by atoms with Gasteiger partial charge >= 0.3 is 0 Å². The smallest absolute Gasteiger partial charge is 0.284 e. The number of amides is 1. The highest BCUT2D eigenvalue weighted by Gasteiger charge is 2.34. The van der Waals surface area contributed by atoms with Crippen molar-refractivity contribution in [3.8, 4) is 11.5 Å². The number of sulfonamides is 1. The first kappa shape index (κ1) is 28.8. The number of carbonyl (C=O) groups is 1. The first-order chi connectivity index (χ1) is 17.9. The Morgan fingerprint density at radius 1 is 0.946 bits per heavy atom. The topological polar surface area (TPSA) is 85.3 Å². The van der Waals surface area contributed by atoms with Crippen LogP contribution in [0, 0.1) is 0 Å². The molecule has 1 amide bonds. The zero-order chi connectivity index (χ0) is 26.7. The van der Waals surface area contributed by atoms with Gasteiger partial charge in [-0.25, -0.2) is 0 Å². The second kappa shape index (κ2) is 14.2. The van der Waals surface area contributed by atoms with Crippen molar-refractivity contribution >= 4 is 38.9 Å². The van der Waals surface area contributed by atoms with Crippen LogP contribution in [0.2, 0.25) is 0 Å². The van der Waals surface area contributed by atoms with Crippen molar-refractivity contribution < 1.29 is 22.7 Å². The molecule has 1 fully saturated rings. The Morgan fingerprint density at radius 2 is 1.65 bits per heavy atom. The summed E-state index contributed by atoms with van der Waals surface area (Å²) in [5.41, 5.74) is 0.759. The maximum absolute atomic E-state index is 13.0. The van der Waals surface area contributed by atoms with E-state index in [4.69, 9.17) is 9.47 Å². The predicted molar refractivity (Wildman–Crippen MR) is 150 cm³/mol. The Morgan fingerprint density at radius 3 is 2.32 bits per heavy atom. The van der Waals surface area contributed by atoms with Crippen LogP contribution in [0.15, 0.2) is 62.7 Å². The maximum atomic E-state index is 13.0. The Hall–Kier alpha value is -2.78. The second-order valence-corrected chi connectivity index (χ2v) is 11.3. The molecular formula is C28H36N2O5S2. The molecule has 7 nitrogen and oxygen atoms in total. The van der Waals surface area contributed by atoms with E-state index in [1.807, 2.05) is 18.2 Å². The summed E-state index contributed by atoms with van der Waals surface area (Å²) >= 11 is 1.05. The molecule has 0 aromatic heterocycles. The van der Waals surface area contributed by atoms with E-state index in [1.165, 1.54) is 49.1 Å². The van der Waals surface area contributed by atoms with Gasteiger partial charge in [-0.1, -0.05) is 69.7 Å². The molecule has 1 saturated heterocycles. The fourth-order valence-electron chi connectivity index (χ4n) is 3.89. The third-order valence-electron chi connectivity index (χ3n) is 5.93. The molecule has 0 N–H and O–H groups in total. The second-order valence-electron chi connectivity index (χ2n) is 8.70. The molecule has 1 aliphatic heterocycles. The average molecular weight is 545 g/mol. The Labute approximate surface area is 225 Å². The molecule has 0 aliphatic carbocycles. The van der Waals surface area contributed by atoms with Crippen LogP contribution >= 0.6 is 11.8 Å². The lowest BCUT2D eigenvalue weighted by atomic mass is 10.1. The van der Waals surface area contributed by atoms with Crippen LogP contribution in [0.1, 0.15) is 64.4 Å². The van der Waals surface area contributed by atoms with Crippen molar-refractivity contribution in [3.05, 3.63) is 59.0 Å². The summed E-state index contributed by atoms with van der Waals surface area (Å²) in [4.78, 5) is 14.9. The number of ether oxygens (including phenoxy) is 2. The number of amidine groups is 1. The lowest BCUT2D eigenvalue weighted by Crippen LogP contribution is -2.29. The Kier molecular flexibility index (Phi) is 11.1. The fourth-order valence-corrected chi connectivity index (χ4v) is 6.16. The van der Waals surface area contributed by atoms with Crippen LogP contribution in [-0.2, 0) is 14.8 Å². The van der Waals surface area contributed by atoms with Gasteiger partial charge in [0.1, 0.15) is 0 Å². The molecule has 1 aliphatic rings. The minimum absolute atomic E-state index is 0.0851. The van der Waals surface area contributed by atoms with Crippen molar-refractivity contribution in [2.75, 3.05) is 20.3 Å². The summed E-state index contributed by atoms with van der Waals surface area (Å²) in [5, 5.41) is 0.145. The van der Waals surface area contributed by atoms with Crippen LogP contribution in [0.25, 0.3) is 6.08 Å². The third kappa shape index (κ3) is 8.10. The monoisotopic (exact) mass is 544 g/mol. The quantitative estimate of drug-likeness (QED) is 0.199. The highest BCUT2D eigenvalue weighted by atomic mass is 32.2. The summed E-state index contributed by atoms with van der Waals surface area (Å²) in [6.07, 6.45) is 10.1. The molecule has 0 spiro atoms. The van der Waals surface area contributed by atoms with E-state index in [0.29, 0.717) is 29.6 Å². The van der Waals surface area contributed by atoms with Crippen molar-refractivity contribution in [1.29, 1.82) is 0 Å².